The molecule has 0 aromatic heterocycles. The zero-order chi connectivity index (χ0) is 17.0. The molecule has 0 unspecified atom stereocenters. The molecule has 0 heterocycles. The molecule has 0 amide bonds. The topological polar surface area (TPSA) is 18.5 Å². The Kier molecular flexibility index (Phi) is 10.1. The predicted molar refractivity (Wildman–Crippen MR) is 102 cm³/mol. The van der Waals surface area contributed by atoms with Gasteiger partial charge in [-0.3, -0.25) is 0 Å². The smallest absolute Gasteiger partial charge is 0.0644 e. The summed E-state index contributed by atoms with van der Waals surface area (Å²) in [7, 11) is 0. The van der Waals surface area contributed by atoms with Crippen molar-refractivity contribution in [2.45, 2.75) is 77.6 Å². The lowest BCUT2D eigenvalue weighted by Gasteiger charge is -2.32. The van der Waals surface area contributed by atoms with E-state index in [4.69, 9.17) is 9.47 Å². The zero-order valence-electron chi connectivity index (χ0n) is 16.0. The molecule has 24 heavy (non-hydrogen) atoms. The van der Waals surface area contributed by atoms with Crippen molar-refractivity contribution >= 4 is 0 Å². The van der Waals surface area contributed by atoms with E-state index >= 15 is 0 Å². The summed E-state index contributed by atoms with van der Waals surface area (Å²) in [6.45, 7) is 9.53. The summed E-state index contributed by atoms with van der Waals surface area (Å²) >= 11 is 0. The lowest BCUT2D eigenvalue weighted by atomic mass is 9.76. The van der Waals surface area contributed by atoms with E-state index in [0.717, 1.165) is 49.9 Å². The second kappa shape index (κ2) is 12.1. The first-order valence-electron chi connectivity index (χ1n) is 10.6. The van der Waals surface area contributed by atoms with Gasteiger partial charge in [0.1, 0.15) is 0 Å². The molecule has 2 fully saturated rings. The van der Waals surface area contributed by atoms with Crippen molar-refractivity contribution in [3.63, 3.8) is 0 Å². The molecule has 0 radical (unpaired) electrons. The van der Waals surface area contributed by atoms with E-state index in [0.29, 0.717) is 6.61 Å². The summed E-state index contributed by atoms with van der Waals surface area (Å²) in [5.41, 5.74) is 0. The van der Waals surface area contributed by atoms with Gasteiger partial charge in [-0.05, 0) is 55.8 Å². The van der Waals surface area contributed by atoms with Crippen LogP contribution in [0.4, 0.5) is 0 Å². The number of hydrogen-bond donors (Lipinski definition) is 0. The van der Waals surface area contributed by atoms with E-state index in [1.807, 2.05) is 6.08 Å². The molecule has 0 aromatic rings. The molecule has 0 N–H and O–H groups in total. The minimum atomic E-state index is 0.714. The molecule has 2 nitrogen and oxygen atoms in total. The van der Waals surface area contributed by atoms with Crippen LogP contribution in [0.3, 0.4) is 0 Å². The van der Waals surface area contributed by atoms with Crippen LogP contribution in [0.15, 0.2) is 12.7 Å². The summed E-state index contributed by atoms with van der Waals surface area (Å²) in [5, 5.41) is 0. The van der Waals surface area contributed by atoms with Gasteiger partial charge in [-0.1, -0.05) is 51.5 Å². The van der Waals surface area contributed by atoms with Crippen LogP contribution in [0, 0.1) is 23.7 Å². The van der Waals surface area contributed by atoms with E-state index in [1.54, 1.807) is 0 Å². The third-order valence-electron chi connectivity index (χ3n) is 6.21. The van der Waals surface area contributed by atoms with E-state index in [9.17, 15) is 0 Å². The van der Waals surface area contributed by atoms with Crippen LogP contribution in [0.1, 0.15) is 77.6 Å². The molecule has 2 rings (SSSR count). The molecule has 2 aliphatic rings. The Morgan fingerprint density at radius 2 is 1.21 bits per heavy atom. The lowest BCUT2D eigenvalue weighted by molar-refractivity contribution is 0.0750. The maximum Gasteiger partial charge on any atom is 0.0644 e. The number of hydrogen-bond acceptors (Lipinski definition) is 2. The average Bonchev–Trinajstić information content (AvgIpc) is 2.63. The Bertz CT molecular complexity index is 312. The van der Waals surface area contributed by atoms with Crippen molar-refractivity contribution in [3.05, 3.63) is 12.7 Å². The first-order valence-corrected chi connectivity index (χ1v) is 10.6. The predicted octanol–water partition coefficient (Wildman–Crippen LogP) is 6.01. The van der Waals surface area contributed by atoms with E-state index in [-0.39, 0.29) is 0 Å². The van der Waals surface area contributed by atoms with Gasteiger partial charge in [0, 0.05) is 19.8 Å². The van der Waals surface area contributed by atoms with E-state index in [1.165, 1.54) is 64.2 Å². The molecular weight excluding hydrogens is 296 g/mol. The summed E-state index contributed by atoms with van der Waals surface area (Å²) in [6.07, 6.45) is 17.3. The van der Waals surface area contributed by atoms with Gasteiger partial charge in [0.25, 0.3) is 0 Å². The highest BCUT2D eigenvalue weighted by atomic mass is 16.5. The van der Waals surface area contributed by atoms with Crippen molar-refractivity contribution in [1.29, 1.82) is 0 Å². The lowest BCUT2D eigenvalue weighted by Crippen LogP contribution is -2.21. The van der Waals surface area contributed by atoms with Crippen LogP contribution in [-0.2, 0) is 9.47 Å². The Balaban J connectivity index is 1.50. The van der Waals surface area contributed by atoms with Crippen molar-refractivity contribution in [3.8, 4) is 0 Å². The van der Waals surface area contributed by atoms with Gasteiger partial charge in [0.05, 0.1) is 6.61 Å². The Morgan fingerprint density at radius 3 is 1.67 bits per heavy atom. The quantitative estimate of drug-likeness (QED) is 0.340. The summed E-state index contributed by atoms with van der Waals surface area (Å²) in [6, 6.07) is 0. The van der Waals surface area contributed by atoms with Gasteiger partial charge < -0.3 is 9.47 Å². The van der Waals surface area contributed by atoms with Crippen LogP contribution < -0.4 is 0 Å². The standard InChI is InChI=1S/C22H40O2/c1-3-15-23-17-21-11-7-19(8-12-21)5-6-20-9-13-22(14-10-20)18-24-16-4-2/h3,19-22H,1,4-18H2,2H3/t19-,20-,21-,22-. The first-order chi connectivity index (χ1) is 11.8. The summed E-state index contributed by atoms with van der Waals surface area (Å²) in [4.78, 5) is 0. The molecule has 140 valence electrons. The van der Waals surface area contributed by atoms with Crippen LogP contribution >= 0.6 is 0 Å². The van der Waals surface area contributed by atoms with Gasteiger partial charge in [-0.2, -0.15) is 0 Å². The summed E-state index contributed by atoms with van der Waals surface area (Å²) in [5.74, 6) is 3.64. The molecule has 0 atom stereocenters. The van der Waals surface area contributed by atoms with Crippen LogP contribution in [0.5, 0.6) is 0 Å². The van der Waals surface area contributed by atoms with Crippen LogP contribution in [-0.4, -0.2) is 26.4 Å². The molecule has 2 aliphatic carbocycles. The molecule has 2 saturated carbocycles. The first kappa shape index (κ1) is 20.0. The SMILES string of the molecule is C=CCOC[C@H]1CC[C@H](CC[C@H]2CC[C@H](COCCC)CC2)CC1. The minimum absolute atomic E-state index is 0.714. The minimum Gasteiger partial charge on any atom is -0.381 e. The van der Waals surface area contributed by atoms with Gasteiger partial charge >= 0.3 is 0 Å². The third-order valence-corrected chi connectivity index (χ3v) is 6.21. The maximum absolute atomic E-state index is 5.74. The van der Waals surface area contributed by atoms with Crippen molar-refractivity contribution in [2.75, 3.05) is 26.4 Å². The molecule has 0 aromatic carbocycles. The highest BCUT2D eigenvalue weighted by Crippen LogP contribution is 2.36. The third kappa shape index (κ3) is 7.70. The fourth-order valence-electron chi connectivity index (χ4n) is 4.56. The van der Waals surface area contributed by atoms with E-state index in [2.05, 4.69) is 13.5 Å². The Hall–Kier alpha value is -0.340. The molecule has 2 heteroatoms. The Morgan fingerprint density at radius 1 is 0.750 bits per heavy atom. The Labute approximate surface area is 150 Å². The van der Waals surface area contributed by atoms with E-state index < -0.39 is 0 Å². The van der Waals surface area contributed by atoms with Crippen LogP contribution in [0.2, 0.25) is 0 Å². The second-order valence-electron chi connectivity index (χ2n) is 8.25. The largest absolute Gasteiger partial charge is 0.381 e. The molecule has 0 spiro atoms. The maximum atomic E-state index is 5.74. The van der Waals surface area contributed by atoms with Crippen molar-refractivity contribution in [1.82, 2.24) is 0 Å². The fraction of sp³-hybridized carbons (Fsp3) is 0.909. The van der Waals surface area contributed by atoms with Gasteiger partial charge in [-0.25, -0.2) is 0 Å². The highest BCUT2D eigenvalue weighted by molar-refractivity contribution is 4.77. The zero-order valence-corrected chi connectivity index (χ0v) is 16.0. The monoisotopic (exact) mass is 336 g/mol. The highest BCUT2D eigenvalue weighted by Gasteiger charge is 2.24. The molecule has 0 bridgehead atoms. The average molecular weight is 337 g/mol. The normalized spacial score (nSPS) is 31.0. The van der Waals surface area contributed by atoms with Crippen LogP contribution in [0.25, 0.3) is 0 Å². The fourth-order valence-corrected chi connectivity index (χ4v) is 4.56. The number of rotatable bonds is 11. The summed E-state index contributed by atoms with van der Waals surface area (Å²) < 4.78 is 11.4. The number of ether oxygens (including phenoxy) is 2. The van der Waals surface area contributed by atoms with Gasteiger partial charge in [0.15, 0.2) is 0 Å². The van der Waals surface area contributed by atoms with Crippen molar-refractivity contribution in [2.24, 2.45) is 23.7 Å². The van der Waals surface area contributed by atoms with Gasteiger partial charge in [0.2, 0.25) is 0 Å². The van der Waals surface area contributed by atoms with Gasteiger partial charge in [-0.15, -0.1) is 6.58 Å². The molecule has 0 aliphatic heterocycles. The molecular formula is C22H40O2. The second-order valence-corrected chi connectivity index (χ2v) is 8.25. The van der Waals surface area contributed by atoms with Crippen molar-refractivity contribution < 1.29 is 9.47 Å². The molecule has 0 saturated heterocycles.